The molecule has 0 aliphatic heterocycles. The Hall–Kier alpha value is -5.92. The van der Waals surface area contributed by atoms with Gasteiger partial charge in [-0.3, -0.25) is 0 Å². The lowest BCUT2D eigenvalue weighted by Gasteiger charge is -2.16. The van der Waals surface area contributed by atoms with E-state index in [4.69, 9.17) is 0 Å². The van der Waals surface area contributed by atoms with Crippen LogP contribution in [0.5, 0.6) is 0 Å². The van der Waals surface area contributed by atoms with E-state index >= 15 is 0 Å². The molecule has 0 saturated carbocycles. The van der Waals surface area contributed by atoms with Crippen molar-refractivity contribution in [3.63, 3.8) is 0 Å². The zero-order chi connectivity index (χ0) is 29.7. The molecule has 0 aliphatic rings. The Bertz CT molecular complexity index is 2520. The number of aromatic nitrogens is 1. The highest BCUT2D eigenvalue weighted by molar-refractivity contribution is 6.15. The van der Waals surface area contributed by atoms with Gasteiger partial charge in [-0.25, -0.2) is 0 Å². The minimum Gasteiger partial charge on any atom is -0.309 e. The average molecular weight is 572 g/mol. The number of nitrogens with zero attached hydrogens (tertiary/aromatic N) is 1. The first-order valence-electron chi connectivity index (χ1n) is 15.5. The van der Waals surface area contributed by atoms with E-state index in [1.54, 1.807) is 0 Å². The first kappa shape index (κ1) is 25.6. The van der Waals surface area contributed by atoms with Gasteiger partial charge in [-0.05, 0) is 85.8 Å². The molecule has 1 nitrogen and oxygen atoms in total. The molecule has 0 radical (unpaired) electrons. The van der Waals surface area contributed by atoms with E-state index in [1.807, 2.05) is 0 Å². The third-order valence-corrected chi connectivity index (χ3v) is 9.18. The van der Waals surface area contributed by atoms with E-state index in [-0.39, 0.29) is 0 Å². The van der Waals surface area contributed by atoms with Crippen LogP contribution in [-0.2, 0) is 0 Å². The van der Waals surface area contributed by atoms with Crippen molar-refractivity contribution in [1.29, 1.82) is 0 Å². The lowest BCUT2D eigenvalue weighted by atomic mass is 9.91. The van der Waals surface area contributed by atoms with Crippen LogP contribution in [0.15, 0.2) is 176 Å². The van der Waals surface area contributed by atoms with Crippen molar-refractivity contribution in [3.05, 3.63) is 176 Å². The lowest BCUT2D eigenvalue weighted by Crippen LogP contribution is -1.97. The maximum Gasteiger partial charge on any atom is 0.0541 e. The first-order chi connectivity index (χ1) is 22.3. The van der Waals surface area contributed by atoms with E-state index in [1.165, 1.54) is 82.4 Å². The SMILES string of the molecule is c1ccc(-c2ccc3c(c2)c2ccccc2n3-c2ccccc2-c2ccc3c(-c4ccccc4)cc4ccccc4c3c2)cc1. The van der Waals surface area contributed by atoms with Gasteiger partial charge in [0.25, 0.3) is 0 Å². The van der Waals surface area contributed by atoms with Gasteiger partial charge < -0.3 is 4.57 Å². The molecule has 1 aromatic heterocycles. The van der Waals surface area contributed by atoms with E-state index < -0.39 is 0 Å². The smallest absolute Gasteiger partial charge is 0.0541 e. The molecule has 1 heteroatoms. The zero-order valence-electron chi connectivity index (χ0n) is 24.7. The molecule has 0 bridgehead atoms. The molecule has 0 amide bonds. The number of fused-ring (bicyclic) bond motifs is 6. The van der Waals surface area contributed by atoms with Crippen molar-refractivity contribution in [1.82, 2.24) is 4.57 Å². The molecule has 0 N–H and O–H groups in total. The second-order valence-electron chi connectivity index (χ2n) is 11.7. The Balaban J connectivity index is 1.29. The van der Waals surface area contributed by atoms with Crippen molar-refractivity contribution in [2.45, 2.75) is 0 Å². The number of rotatable bonds is 4. The predicted octanol–water partition coefficient (Wildman–Crippen LogP) is 12.1. The molecule has 0 fully saturated rings. The molecule has 0 spiro atoms. The summed E-state index contributed by atoms with van der Waals surface area (Å²) in [4.78, 5) is 0. The number of hydrogen-bond acceptors (Lipinski definition) is 0. The third-order valence-electron chi connectivity index (χ3n) is 9.18. The van der Waals surface area contributed by atoms with Gasteiger partial charge in [0.15, 0.2) is 0 Å². The van der Waals surface area contributed by atoms with Gasteiger partial charge in [-0.15, -0.1) is 0 Å². The van der Waals surface area contributed by atoms with Crippen LogP contribution < -0.4 is 0 Å². The van der Waals surface area contributed by atoms with Gasteiger partial charge in [0.2, 0.25) is 0 Å². The van der Waals surface area contributed by atoms with Gasteiger partial charge in [0.1, 0.15) is 0 Å². The lowest BCUT2D eigenvalue weighted by molar-refractivity contribution is 1.18. The molecule has 0 atom stereocenters. The molecule has 9 rings (SSSR count). The summed E-state index contributed by atoms with van der Waals surface area (Å²) in [5.41, 5.74) is 11.0. The molecular weight excluding hydrogens is 542 g/mol. The van der Waals surface area contributed by atoms with Crippen LogP contribution in [0.2, 0.25) is 0 Å². The van der Waals surface area contributed by atoms with Crippen LogP contribution >= 0.6 is 0 Å². The van der Waals surface area contributed by atoms with Gasteiger partial charge >= 0.3 is 0 Å². The number of para-hydroxylation sites is 2. The van der Waals surface area contributed by atoms with E-state index in [0.29, 0.717) is 0 Å². The van der Waals surface area contributed by atoms with Crippen LogP contribution in [0.25, 0.3) is 82.4 Å². The molecule has 210 valence electrons. The summed E-state index contributed by atoms with van der Waals surface area (Å²) in [5, 5.41) is 7.60. The maximum absolute atomic E-state index is 2.44. The van der Waals surface area contributed by atoms with Crippen molar-refractivity contribution >= 4 is 43.4 Å². The Morgan fingerprint density at radius 1 is 0.289 bits per heavy atom. The van der Waals surface area contributed by atoms with Crippen molar-refractivity contribution in [2.75, 3.05) is 0 Å². The van der Waals surface area contributed by atoms with Gasteiger partial charge in [0, 0.05) is 16.3 Å². The molecule has 45 heavy (non-hydrogen) atoms. The Morgan fingerprint density at radius 2 is 0.911 bits per heavy atom. The van der Waals surface area contributed by atoms with Crippen molar-refractivity contribution in [2.24, 2.45) is 0 Å². The molecule has 0 saturated heterocycles. The molecule has 1 heterocycles. The molecular formula is C44H29N. The zero-order valence-corrected chi connectivity index (χ0v) is 24.7. The second kappa shape index (κ2) is 10.4. The fourth-order valence-electron chi connectivity index (χ4n) is 7.08. The standard InChI is InChI=1S/C44H29N/c1-3-13-30(14-4-1)32-24-26-44-41(27-32)38-20-10-12-22-43(38)45(44)42-21-11-9-19-36(42)34-23-25-37-39(31-15-5-2-6-16-31)28-33-17-7-8-18-35(33)40(37)29-34/h1-29H. The van der Waals surface area contributed by atoms with E-state index in [2.05, 4.69) is 180 Å². The topological polar surface area (TPSA) is 4.93 Å². The molecule has 8 aromatic carbocycles. The summed E-state index contributed by atoms with van der Waals surface area (Å²) in [6, 6.07) is 64.0. The summed E-state index contributed by atoms with van der Waals surface area (Å²) >= 11 is 0. The average Bonchev–Trinajstić information content (AvgIpc) is 3.45. The fraction of sp³-hybridized carbons (Fsp3) is 0. The highest BCUT2D eigenvalue weighted by atomic mass is 15.0. The van der Waals surface area contributed by atoms with Crippen molar-refractivity contribution in [3.8, 4) is 39.1 Å². The molecule has 0 unspecified atom stereocenters. The summed E-state index contributed by atoms with van der Waals surface area (Å²) in [6.45, 7) is 0. The van der Waals surface area contributed by atoms with Crippen LogP contribution in [0.4, 0.5) is 0 Å². The second-order valence-corrected chi connectivity index (χ2v) is 11.7. The Morgan fingerprint density at radius 3 is 1.76 bits per heavy atom. The molecule has 0 aliphatic carbocycles. The predicted molar refractivity (Wildman–Crippen MR) is 192 cm³/mol. The molecule has 9 aromatic rings. The van der Waals surface area contributed by atoms with E-state index in [9.17, 15) is 0 Å². The number of benzene rings is 8. The fourth-order valence-corrected chi connectivity index (χ4v) is 7.08. The summed E-state index contributed by atoms with van der Waals surface area (Å²) in [6.07, 6.45) is 0. The normalized spacial score (nSPS) is 11.6. The quantitative estimate of drug-likeness (QED) is 0.185. The minimum atomic E-state index is 1.18. The minimum absolute atomic E-state index is 1.18. The summed E-state index contributed by atoms with van der Waals surface area (Å²) in [7, 11) is 0. The van der Waals surface area contributed by atoms with Crippen LogP contribution in [0, 0.1) is 0 Å². The monoisotopic (exact) mass is 571 g/mol. The maximum atomic E-state index is 2.44. The first-order valence-corrected chi connectivity index (χ1v) is 15.5. The highest BCUT2D eigenvalue weighted by Gasteiger charge is 2.17. The van der Waals surface area contributed by atoms with Gasteiger partial charge in [0.05, 0.1) is 16.7 Å². The Labute approximate surface area is 262 Å². The van der Waals surface area contributed by atoms with E-state index in [0.717, 1.165) is 0 Å². The van der Waals surface area contributed by atoms with Gasteiger partial charge in [-0.1, -0.05) is 140 Å². The van der Waals surface area contributed by atoms with Crippen LogP contribution in [-0.4, -0.2) is 4.57 Å². The van der Waals surface area contributed by atoms with Gasteiger partial charge in [-0.2, -0.15) is 0 Å². The van der Waals surface area contributed by atoms with Crippen LogP contribution in [0.3, 0.4) is 0 Å². The summed E-state index contributed by atoms with van der Waals surface area (Å²) < 4.78 is 2.44. The van der Waals surface area contributed by atoms with Crippen LogP contribution in [0.1, 0.15) is 0 Å². The van der Waals surface area contributed by atoms with Crippen molar-refractivity contribution < 1.29 is 0 Å². The largest absolute Gasteiger partial charge is 0.309 e. The Kier molecular flexibility index (Phi) is 5.89. The number of hydrogen-bond donors (Lipinski definition) is 0. The third kappa shape index (κ3) is 4.17. The summed E-state index contributed by atoms with van der Waals surface area (Å²) in [5.74, 6) is 0. The highest BCUT2D eigenvalue weighted by Crippen LogP contribution is 2.41.